The number of hydrogen-bond donors (Lipinski definition) is 0. The number of non-ortho nitro benzene ring substituents is 1. The Balaban J connectivity index is 1.58. The van der Waals surface area contributed by atoms with E-state index >= 15 is 0 Å². The smallest absolute Gasteiger partial charge is 0.270 e. The number of benzene rings is 3. The fourth-order valence-electron chi connectivity index (χ4n) is 3.99. The second-order valence-corrected chi connectivity index (χ2v) is 7.81. The number of ether oxygens (including phenoxy) is 2. The van der Waals surface area contributed by atoms with Crippen LogP contribution in [0.4, 0.5) is 5.69 Å². The average molecular weight is 436 g/mol. The molecule has 31 heavy (non-hydrogen) atoms. The number of rotatable bonds is 4. The SMILES string of the molecule is COc1ccc(C2=NN3C(C2)c2cc([N+](=O)[O-])ccc2OC3c2ccc(Cl)cc2)cc1. The minimum Gasteiger partial charge on any atom is -0.497 e. The number of nitro groups is 1. The van der Waals surface area contributed by atoms with Crippen molar-refractivity contribution in [3.8, 4) is 11.5 Å². The van der Waals surface area contributed by atoms with Gasteiger partial charge in [-0.25, -0.2) is 5.01 Å². The molecule has 2 atom stereocenters. The Morgan fingerprint density at radius 2 is 1.87 bits per heavy atom. The molecule has 0 N–H and O–H groups in total. The van der Waals surface area contributed by atoms with Crippen molar-refractivity contribution in [3.63, 3.8) is 0 Å². The molecule has 0 saturated carbocycles. The van der Waals surface area contributed by atoms with Crippen LogP contribution in [0.3, 0.4) is 0 Å². The van der Waals surface area contributed by atoms with Crippen molar-refractivity contribution in [2.45, 2.75) is 18.7 Å². The molecule has 0 radical (unpaired) electrons. The van der Waals surface area contributed by atoms with Gasteiger partial charge < -0.3 is 9.47 Å². The van der Waals surface area contributed by atoms with Gasteiger partial charge in [0.25, 0.3) is 5.69 Å². The monoisotopic (exact) mass is 435 g/mol. The summed E-state index contributed by atoms with van der Waals surface area (Å²) in [7, 11) is 1.63. The normalized spacial score (nSPS) is 19.2. The highest BCUT2D eigenvalue weighted by atomic mass is 35.5. The Morgan fingerprint density at radius 1 is 1.13 bits per heavy atom. The van der Waals surface area contributed by atoms with Crippen LogP contribution in [0.1, 0.15) is 35.4 Å². The summed E-state index contributed by atoms with van der Waals surface area (Å²) in [5, 5.41) is 18.7. The second kappa shape index (κ2) is 7.59. The van der Waals surface area contributed by atoms with Crippen LogP contribution in [0.2, 0.25) is 5.02 Å². The molecule has 0 saturated heterocycles. The van der Waals surface area contributed by atoms with E-state index in [0.29, 0.717) is 17.2 Å². The van der Waals surface area contributed by atoms with E-state index in [1.54, 1.807) is 19.2 Å². The van der Waals surface area contributed by atoms with Crippen LogP contribution >= 0.6 is 11.6 Å². The van der Waals surface area contributed by atoms with Crippen LogP contribution in [0.25, 0.3) is 0 Å². The number of methoxy groups -OCH3 is 1. The van der Waals surface area contributed by atoms with Gasteiger partial charge in [0.2, 0.25) is 6.23 Å². The van der Waals surface area contributed by atoms with Gasteiger partial charge in [0, 0.05) is 34.7 Å². The van der Waals surface area contributed by atoms with E-state index in [2.05, 4.69) is 0 Å². The van der Waals surface area contributed by atoms with Crippen molar-refractivity contribution >= 4 is 23.0 Å². The molecule has 2 heterocycles. The molecule has 0 bridgehead atoms. The molecule has 7 nitrogen and oxygen atoms in total. The minimum atomic E-state index is -0.466. The Labute approximate surface area is 183 Å². The van der Waals surface area contributed by atoms with Gasteiger partial charge in [0.05, 0.1) is 23.8 Å². The summed E-state index contributed by atoms with van der Waals surface area (Å²) in [4.78, 5) is 10.9. The molecule has 2 aliphatic heterocycles. The van der Waals surface area contributed by atoms with Gasteiger partial charge in [-0.2, -0.15) is 5.10 Å². The summed E-state index contributed by atoms with van der Waals surface area (Å²) in [5.41, 5.74) is 3.54. The maximum atomic E-state index is 11.3. The van der Waals surface area contributed by atoms with Gasteiger partial charge in [0.15, 0.2) is 0 Å². The van der Waals surface area contributed by atoms with Gasteiger partial charge in [-0.05, 0) is 48.0 Å². The Morgan fingerprint density at radius 3 is 2.55 bits per heavy atom. The van der Waals surface area contributed by atoms with E-state index < -0.39 is 11.2 Å². The van der Waals surface area contributed by atoms with E-state index in [9.17, 15) is 10.1 Å². The fourth-order valence-corrected chi connectivity index (χ4v) is 4.12. The van der Waals surface area contributed by atoms with Gasteiger partial charge in [-0.1, -0.05) is 23.7 Å². The lowest BCUT2D eigenvalue weighted by Crippen LogP contribution is -2.33. The van der Waals surface area contributed by atoms with Crippen LogP contribution < -0.4 is 9.47 Å². The van der Waals surface area contributed by atoms with Crippen LogP contribution in [0, 0.1) is 10.1 Å². The lowest BCUT2D eigenvalue weighted by atomic mass is 9.95. The molecule has 156 valence electrons. The first-order chi connectivity index (χ1) is 15.0. The first kappa shape index (κ1) is 19.4. The van der Waals surface area contributed by atoms with E-state index in [-0.39, 0.29) is 11.7 Å². The number of hydrazone groups is 1. The van der Waals surface area contributed by atoms with Gasteiger partial charge >= 0.3 is 0 Å². The number of nitrogens with zero attached hydrogens (tertiary/aromatic N) is 3. The van der Waals surface area contributed by atoms with Crippen molar-refractivity contribution in [1.82, 2.24) is 5.01 Å². The summed E-state index contributed by atoms with van der Waals surface area (Å²) in [6.45, 7) is 0. The zero-order chi connectivity index (χ0) is 21.5. The third-order valence-electron chi connectivity index (χ3n) is 5.56. The predicted octanol–water partition coefficient (Wildman–Crippen LogP) is 5.50. The summed E-state index contributed by atoms with van der Waals surface area (Å²) < 4.78 is 11.5. The van der Waals surface area contributed by atoms with Crippen LogP contribution in [0.5, 0.6) is 11.5 Å². The van der Waals surface area contributed by atoms with Crippen LogP contribution in [-0.2, 0) is 0 Å². The molecule has 0 fully saturated rings. The largest absolute Gasteiger partial charge is 0.497 e. The second-order valence-electron chi connectivity index (χ2n) is 7.38. The first-order valence-corrected chi connectivity index (χ1v) is 10.1. The molecule has 2 unspecified atom stereocenters. The van der Waals surface area contributed by atoms with Crippen LogP contribution in [-0.4, -0.2) is 22.8 Å². The van der Waals surface area contributed by atoms with Crippen molar-refractivity contribution in [2.75, 3.05) is 7.11 Å². The quantitative estimate of drug-likeness (QED) is 0.399. The first-order valence-electron chi connectivity index (χ1n) is 9.74. The highest BCUT2D eigenvalue weighted by Crippen LogP contribution is 2.48. The van der Waals surface area contributed by atoms with E-state index in [1.165, 1.54) is 6.07 Å². The third-order valence-corrected chi connectivity index (χ3v) is 5.81. The van der Waals surface area contributed by atoms with Crippen molar-refractivity contribution < 1.29 is 14.4 Å². The molecule has 0 spiro atoms. The predicted molar refractivity (Wildman–Crippen MR) is 117 cm³/mol. The van der Waals surface area contributed by atoms with E-state index in [1.807, 2.05) is 53.5 Å². The van der Waals surface area contributed by atoms with Crippen molar-refractivity contribution in [1.29, 1.82) is 0 Å². The number of fused-ring (bicyclic) bond motifs is 3. The molecule has 3 aromatic carbocycles. The highest BCUT2D eigenvalue weighted by Gasteiger charge is 2.41. The summed E-state index contributed by atoms with van der Waals surface area (Å²) in [5.74, 6) is 1.39. The molecular weight excluding hydrogens is 418 g/mol. The van der Waals surface area contributed by atoms with Gasteiger partial charge in [-0.3, -0.25) is 10.1 Å². The minimum absolute atomic E-state index is 0.0325. The van der Waals surface area contributed by atoms with E-state index in [4.69, 9.17) is 26.2 Å². The standard InChI is InChI=1S/C23H18ClN3O4/c1-30-18-9-4-14(5-10-18)20-13-21-19-12-17(27(28)29)8-11-22(19)31-23(26(21)25-20)15-2-6-16(24)7-3-15/h2-12,21,23H,13H2,1H3. The molecular formula is C23H18ClN3O4. The zero-order valence-electron chi connectivity index (χ0n) is 16.6. The highest BCUT2D eigenvalue weighted by molar-refractivity contribution is 6.30. The average Bonchev–Trinajstić information content (AvgIpc) is 3.24. The van der Waals surface area contributed by atoms with E-state index in [0.717, 1.165) is 28.2 Å². The number of halogens is 1. The van der Waals surface area contributed by atoms with Crippen molar-refractivity contribution in [2.24, 2.45) is 5.10 Å². The van der Waals surface area contributed by atoms with Crippen LogP contribution in [0.15, 0.2) is 71.8 Å². The fraction of sp³-hybridized carbons (Fsp3) is 0.174. The maximum Gasteiger partial charge on any atom is 0.270 e. The number of nitro benzene ring substituents is 1. The van der Waals surface area contributed by atoms with Crippen molar-refractivity contribution in [3.05, 3.63) is 98.6 Å². The Bertz CT molecular complexity index is 1180. The lowest BCUT2D eigenvalue weighted by Gasteiger charge is -2.38. The zero-order valence-corrected chi connectivity index (χ0v) is 17.3. The molecule has 0 amide bonds. The Kier molecular flexibility index (Phi) is 4.75. The Hall–Kier alpha value is -3.58. The molecule has 8 heteroatoms. The summed E-state index contributed by atoms with van der Waals surface area (Å²) in [6.07, 6.45) is 0.139. The molecule has 0 aliphatic carbocycles. The molecule has 0 aromatic heterocycles. The summed E-state index contributed by atoms with van der Waals surface area (Å²) in [6, 6.07) is 19.7. The maximum absolute atomic E-state index is 11.3. The number of hydrogen-bond acceptors (Lipinski definition) is 6. The summed E-state index contributed by atoms with van der Waals surface area (Å²) >= 11 is 6.06. The molecule has 5 rings (SSSR count). The topological polar surface area (TPSA) is 77.2 Å². The molecule has 3 aromatic rings. The lowest BCUT2D eigenvalue weighted by molar-refractivity contribution is -0.385. The molecule has 2 aliphatic rings. The third kappa shape index (κ3) is 3.47. The van der Waals surface area contributed by atoms with Gasteiger partial charge in [0.1, 0.15) is 11.5 Å². The van der Waals surface area contributed by atoms with Gasteiger partial charge in [-0.15, -0.1) is 0 Å².